The van der Waals surface area contributed by atoms with Crippen LogP contribution in [0.3, 0.4) is 0 Å². The maximum atomic E-state index is 6.16. The minimum absolute atomic E-state index is 0.144. The summed E-state index contributed by atoms with van der Waals surface area (Å²) in [5, 5.41) is 3.56. The summed E-state index contributed by atoms with van der Waals surface area (Å²) in [4.78, 5) is 0. The van der Waals surface area contributed by atoms with E-state index in [9.17, 15) is 0 Å². The molecule has 1 aromatic carbocycles. The molecule has 0 bridgehead atoms. The zero-order valence-corrected chi connectivity index (χ0v) is 12.2. The largest absolute Gasteiger partial charge is 0.497 e. The summed E-state index contributed by atoms with van der Waals surface area (Å²) in [7, 11) is 1.69. The fraction of sp³-hybridized carbons (Fsp3) is 0.625. The summed E-state index contributed by atoms with van der Waals surface area (Å²) in [6.07, 6.45) is 2.46. The van der Waals surface area contributed by atoms with Gasteiger partial charge in [-0.25, -0.2) is 0 Å². The zero-order valence-electron chi connectivity index (χ0n) is 12.2. The molecule has 1 N–H and O–H groups in total. The first kappa shape index (κ1) is 14.4. The van der Waals surface area contributed by atoms with E-state index in [-0.39, 0.29) is 6.10 Å². The van der Waals surface area contributed by atoms with Gasteiger partial charge in [0.05, 0.1) is 19.8 Å². The number of hydrogen-bond acceptors (Lipinski definition) is 3. The lowest BCUT2D eigenvalue weighted by Gasteiger charge is -2.29. The van der Waals surface area contributed by atoms with Gasteiger partial charge in [0.2, 0.25) is 0 Å². The minimum Gasteiger partial charge on any atom is -0.497 e. The molecule has 1 aliphatic rings. The van der Waals surface area contributed by atoms with Crippen LogP contribution >= 0.6 is 0 Å². The minimum atomic E-state index is 0.144. The summed E-state index contributed by atoms with van der Waals surface area (Å²) >= 11 is 0. The van der Waals surface area contributed by atoms with Crippen molar-refractivity contribution in [2.45, 2.75) is 32.8 Å². The lowest BCUT2D eigenvalue weighted by atomic mass is 9.83. The second-order valence-corrected chi connectivity index (χ2v) is 5.41. The second-order valence-electron chi connectivity index (χ2n) is 5.41. The van der Waals surface area contributed by atoms with Crippen LogP contribution in [0.5, 0.6) is 5.75 Å². The molecule has 1 aromatic rings. The fourth-order valence-electron chi connectivity index (χ4n) is 2.59. The Labute approximate surface area is 116 Å². The van der Waals surface area contributed by atoms with Gasteiger partial charge in [-0.2, -0.15) is 0 Å². The Kier molecular flexibility index (Phi) is 4.83. The van der Waals surface area contributed by atoms with Crippen LogP contribution in [0.2, 0.25) is 0 Å². The van der Waals surface area contributed by atoms with Crippen LogP contribution in [0, 0.1) is 5.41 Å². The van der Waals surface area contributed by atoms with E-state index < -0.39 is 0 Å². The van der Waals surface area contributed by atoms with E-state index in [4.69, 9.17) is 9.47 Å². The predicted molar refractivity (Wildman–Crippen MR) is 77.6 cm³/mol. The summed E-state index contributed by atoms with van der Waals surface area (Å²) in [5.41, 5.74) is 1.51. The molecule has 19 heavy (non-hydrogen) atoms. The summed E-state index contributed by atoms with van der Waals surface area (Å²) in [6, 6.07) is 8.18. The molecular formula is C16H25NO2. The van der Waals surface area contributed by atoms with Crippen molar-refractivity contribution in [2.75, 3.05) is 26.8 Å². The predicted octanol–water partition coefficient (Wildman–Crippen LogP) is 3.16. The van der Waals surface area contributed by atoms with E-state index in [0.717, 1.165) is 38.3 Å². The highest BCUT2D eigenvalue weighted by molar-refractivity contribution is 5.28. The van der Waals surface area contributed by atoms with Crippen molar-refractivity contribution in [3.63, 3.8) is 0 Å². The van der Waals surface area contributed by atoms with Crippen LogP contribution in [0.25, 0.3) is 0 Å². The lowest BCUT2D eigenvalue weighted by molar-refractivity contribution is 0.0103. The number of ether oxygens (including phenoxy) is 2. The van der Waals surface area contributed by atoms with Gasteiger partial charge in [-0.1, -0.05) is 26.0 Å². The summed E-state index contributed by atoms with van der Waals surface area (Å²) < 4.78 is 11.3. The molecule has 1 fully saturated rings. The first-order valence-electron chi connectivity index (χ1n) is 7.19. The Morgan fingerprint density at radius 3 is 2.53 bits per heavy atom. The Morgan fingerprint density at radius 1 is 1.26 bits per heavy atom. The maximum absolute atomic E-state index is 6.16. The molecule has 1 heterocycles. The smallest absolute Gasteiger partial charge is 0.118 e. The van der Waals surface area contributed by atoms with Gasteiger partial charge in [-0.05, 0) is 30.5 Å². The highest BCUT2D eigenvalue weighted by Crippen LogP contribution is 2.31. The standard InChI is InChI=1S/C16H25NO2/c1-4-16(5-2)11-17-10-15(19-12-16)13-6-8-14(18-3)9-7-13/h6-9,15,17H,4-5,10-12H2,1-3H3. The van der Waals surface area contributed by atoms with Crippen LogP contribution < -0.4 is 10.1 Å². The van der Waals surface area contributed by atoms with E-state index in [1.54, 1.807) is 7.11 Å². The average molecular weight is 263 g/mol. The first-order valence-corrected chi connectivity index (χ1v) is 7.19. The van der Waals surface area contributed by atoms with Crippen molar-refractivity contribution >= 4 is 0 Å². The van der Waals surface area contributed by atoms with E-state index >= 15 is 0 Å². The fourth-order valence-corrected chi connectivity index (χ4v) is 2.59. The van der Waals surface area contributed by atoms with Crippen LogP contribution in [0.15, 0.2) is 24.3 Å². The number of nitrogens with one attached hydrogen (secondary N) is 1. The van der Waals surface area contributed by atoms with Crippen molar-refractivity contribution in [1.82, 2.24) is 5.32 Å². The van der Waals surface area contributed by atoms with Crippen molar-refractivity contribution in [1.29, 1.82) is 0 Å². The van der Waals surface area contributed by atoms with Gasteiger partial charge in [-0.3, -0.25) is 0 Å². The van der Waals surface area contributed by atoms with Gasteiger partial charge in [-0.15, -0.1) is 0 Å². The quantitative estimate of drug-likeness (QED) is 0.905. The SMILES string of the molecule is CCC1(CC)CNCC(c2ccc(OC)cc2)OC1. The average Bonchev–Trinajstić information content (AvgIpc) is 2.70. The monoisotopic (exact) mass is 263 g/mol. The van der Waals surface area contributed by atoms with Gasteiger partial charge < -0.3 is 14.8 Å². The van der Waals surface area contributed by atoms with Crippen molar-refractivity contribution in [3.8, 4) is 5.75 Å². The van der Waals surface area contributed by atoms with Gasteiger partial charge >= 0.3 is 0 Å². The molecule has 2 rings (SSSR count). The van der Waals surface area contributed by atoms with Crippen molar-refractivity contribution in [2.24, 2.45) is 5.41 Å². The highest BCUT2D eigenvalue weighted by atomic mass is 16.5. The van der Waals surface area contributed by atoms with Crippen LogP contribution in [0.4, 0.5) is 0 Å². The van der Waals surface area contributed by atoms with Gasteiger partial charge in [0.15, 0.2) is 0 Å². The molecule has 3 heteroatoms. The first-order chi connectivity index (χ1) is 9.23. The molecule has 0 saturated carbocycles. The third-order valence-electron chi connectivity index (χ3n) is 4.41. The Balaban J connectivity index is 2.05. The van der Waals surface area contributed by atoms with E-state index in [2.05, 4.69) is 31.3 Å². The van der Waals surface area contributed by atoms with Crippen LogP contribution in [-0.2, 0) is 4.74 Å². The number of benzene rings is 1. The normalized spacial score (nSPS) is 22.8. The van der Waals surface area contributed by atoms with Crippen molar-refractivity contribution in [3.05, 3.63) is 29.8 Å². The molecule has 106 valence electrons. The lowest BCUT2D eigenvalue weighted by Crippen LogP contribution is -2.34. The van der Waals surface area contributed by atoms with Crippen molar-refractivity contribution < 1.29 is 9.47 Å². The molecule has 1 aliphatic heterocycles. The maximum Gasteiger partial charge on any atom is 0.118 e. The van der Waals surface area contributed by atoms with E-state index in [1.165, 1.54) is 5.56 Å². The van der Waals surface area contributed by atoms with Crippen LogP contribution in [-0.4, -0.2) is 26.8 Å². The van der Waals surface area contributed by atoms with Gasteiger partial charge in [0.1, 0.15) is 5.75 Å². The van der Waals surface area contributed by atoms with Gasteiger partial charge in [0.25, 0.3) is 0 Å². The summed E-state index contributed by atoms with van der Waals surface area (Å²) in [6.45, 7) is 7.27. The Morgan fingerprint density at radius 2 is 1.95 bits per heavy atom. The Hall–Kier alpha value is -1.06. The molecule has 1 unspecified atom stereocenters. The summed E-state index contributed by atoms with van der Waals surface area (Å²) in [5.74, 6) is 0.891. The molecule has 0 aromatic heterocycles. The molecule has 0 spiro atoms. The molecular weight excluding hydrogens is 238 g/mol. The third kappa shape index (κ3) is 3.28. The molecule has 0 aliphatic carbocycles. The number of rotatable bonds is 4. The number of hydrogen-bond donors (Lipinski definition) is 1. The molecule has 0 amide bonds. The molecule has 1 atom stereocenters. The van der Waals surface area contributed by atoms with Gasteiger partial charge in [0, 0.05) is 18.5 Å². The molecule has 0 radical (unpaired) electrons. The second kappa shape index (κ2) is 6.40. The van der Waals surface area contributed by atoms with E-state index in [1.807, 2.05) is 12.1 Å². The Bertz CT molecular complexity index is 384. The molecule has 3 nitrogen and oxygen atoms in total. The molecule has 1 saturated heterocycles. The highest BCUT2D eigenvalue weighted by Gasteiger charge is 2.30. The van der Waals surface area contributed by atoms with Crippen LogP contribution in [0.1, 0.15) is 38.4 Å². The zero-order chi connectivity index (χ0) is 13.7. The third-order valence-corrected chi connectivity index (χ3v) is 4.41. The topological polar surface area (TPSA) is 30.5 Å². The van der Waals surface area contributed by atoms with E-state index in [0.29, 0.717) is 5.41 Å². The number of methoxy groups -OCH3 is 1.